The van der Waals surface area contributed by atoms with Gasteiger partial charge >= 0.3 is 11.9 Å². The van der Waals surface area contributed by atoms with Crippen LogP contribution in [0.25, 0.3) is 0 Å². The molecule has 7 N–H and O–H groups in total. The van der Waals surface area contributed by atoms with Gasteiger partial charge in [-0.15, -0.1) is 0 Å². The number of carboxylic acid groups (broad SMARTS) is 2. The van der Waals surface area contributed by atoms with Crippen molar-refractivity contribution in [2.45, 2.75) is 154 Å². The molecule has 0 fully saturated rings. The predicted octanol–water partition coefficient (Wildman–Crippen LogP) is 3.86. The number of ether oxygens (including phenoxy) is 4. The zero-order chi connectivity index (χ0) is 43.6. The van der Waals surface area contributed by atoms with Gasteiger partial charge in [0.25, 0.3) is 0 Å². The Morgan fingerprint density at radius 2 is 0.881 bits per heavy atom. The van der Waals surface area contributed by atoms with Gasteiger partial charge in [-0.2, -0.15) is 0 Å². The van der Waals surface area contributed by atoms with Crippen LogP contribution < -0.4 is 26.6 Å². The topological polar surface area (TPSA) is 240 Å². The largest absolute Gasteiger partial charge is 0.480 e. The van der Waals surface area contributed by atoms with Crippen molar-refractivity contribution in [3.8, 4) is 0 Å². The van der Waals surface area contributed by atoms with Crippen LogP contribution in [0.3, 0.4) is 0 Å². The Hall–Kier alpha value is -3.38. The highest BCUT2D eigenvalue weighted by molar-refractivity contribution is 5.84. The van der Waals surface area contributed by atoms with Crippen LogP contribution in [0.4, 0.5) is 0 Å². The maximum absolute atomic E-state index is 12.3. The first kappa shape index (κ1) is 55.6. The van der Waals surface area contributed by atoms with Crippen LogP contribution in [-0.2, 0) is 47.7 Å². The van der Waals surface area contributed by atoms with E-state index < -0.39 is 24.0 Å². The summed E-state index contributed by atoms with van der Waals surface area (Å²) in [6, 6.07) is -1.71. The third-order valence-corrected chi connectivity index (χ3v) is 9.54. The van der Waals surface area contributed by atoms with Crippen molar-refractivity contribution in [2.24, 2.45) is 0 Å². The van der Waals surface area contributed by atoms with Crippen molar-refractivity contribution in [3.05, 3.63) is 0 Å². The van der Waals surface area contributed by atoms with Gasteiger partial charge in [-0.25, -0.2) is 4.79 Å². The van der Waals surface area contributed by atoms with E-state index in [-0.39, 0.29) is 109 Å². The number of rotatable bonds is 44. The molecule has 0 aromatic heterocycles. The number of hydrogen-bond donors (Lipinski definition) is 7. The number of hydrogen-bond acceptors (Lipinski definition) is 11. The number of aliphatic carboxylic acids is 2. The summed E-state index contributed by atoms with van der Waals surface area (Å²) < 4.78 is 21.3. The minimum atomic E-state index is -1.17. The minimum absolute atomic E-state index is 0.0106. The normalized spacial score (nSPS) is 12.1. The summed E-state index contributed by atoms with van der Waals surface area (Å²) >= 11 is 0. The molecule has 344 valence electrons. The monoisotopic (exact) mass is 846 g/mol. The molecule has 0 aliphatic carbocycles. The molecule has 0 spiro atoms. The third kappa shape index (κ3) is 38.6. The second-order valence-electron chi connectivity index (χ2n) is 14.8. The van der Waals surface area contributed by atoms with E-state index in [4.69, 9.17) is 24.1 Å². The van der Waals surface area contributed by atoms with Crippen molar-refractivity contribution >= 4 is 35.6 Å². The molecule has 17 nitrogen and oxygen atoms in total. The molecular formula is C42H79N5O12. The Labute approximate surface area is 352 Å². The van der Waals surface area contributed by atoms with E-state index in [1.54, 1.807) is 7.05 Å². The molecule has 0 radical (unpaired) electrons. The standard InChI is InChI=1S/C42H79N5O12/c1-3-4-5-6-7-8-9-10-11-12-13-14-15-16-17-21-38(49)47-36(42(54)55)22-23-37(48)45-25-27-56-29-32-59-34-40(51)46-26-28-57-30-31-58-33-39(50)44-24-19-18-20-35(43-2)41(52)53/h35-36,43H,3-34H2,1-2H3,(H,44,50)(H,45,48)(H,46,51)(H,47,49)(H,52,53)(H,54,55)/t35-,36?/m0/s1. The second-order valence-corrected chi connectivity index (χ2v) is 14.8. The Kier molecular flexibility index (Phi) is 39.0. The van der Waals surface area contributed by atoms with Gasteiger partial charge in [-0.05, 0) is 39.2 Å². The van der Waals surface area contributed by atoms with Gasteiger partial charge in [0.15, 0.2) is 0 Å². The third-order valence-electron chi connectivity index (χ3n) is 9.54. The van der Waals surface area contributed by atoms with Crippen LogP contribution in [0.5, 0.6) is 0 Å². The number of carboxylic acids is 2. The highest BCUT2D eigenvalue weighted by atomic mass is 16.5. The Balaban J connectivity index is 3.66. The molecule has 0 aromatic rings. The summed E-state index contributed by atoms with van der Waals surface area (Å²) in [5.41, 5.74) is 0. The van der Waals surface area contributed by atoms with Crippen LogP contribution in [0.15, 0.2) is 0 Å². The molecule has 0 aromatic carbocycles. The summed E-state index contributed by atoms with van der Waals surface area (Å²) in [5.74, 6) is -3.30. The van der Waals surface area contributed by atoms with Crippen LogP contribution in [0.1, 0.15) is 142 Å². The van der Waals surface area contributed by atoms with Crippen molar-refractivity contribution in [2.75, 3.05) is 79.5 Å². The average molecular weight is 846 g/mol. The lowest BCUT2D eigenvalue weighted by molar-refractivity contribution is -0.142. The molecular weight excluding hydrogens is 766 g/mol. The van der Waals surface area contributed by atoms with E-state index >= 15 is 0 Å². The molecule has 0 saturated carbocycles. The van der Waals surface area contributed by atoms with Crippen LogP contribution in [0, 0.1) is 0 Å². The van der Waals surface area contributed by atoms with E-state index in [0.29, 0.717) is 25.8 Å². The number of amides is 4. The van der Waals surface area contributed by atoms with Gasteiger partial charge in [0.2, 0.25) is 23.6 Å². The van der Waals surface area contributed by atoms with Gasteiger partial charge in [-0.3, -0.25) is 24.0 Å². The second kappa shape index (κ2) is 41.4. The highest BCUT2D eigenvalue weighted by Gasteiger charge is 2.21. The van der Waals surface area contributed by atoms with E-state index in [1.807, 2.05) is 0 Å². The van der Waals surface area contributed by atoms with Crippen molar-refractivity contribution in [1.29, 1.82) is 0 Å². The molecule has 2 atom stereocenters. The number of unbranched alkanes of at least 4 members (excludes halogenated alkanes) is 15. The summed E-state index contributed by atoms with van der Waals surface area (Å²) in [4.78, 5) is 70.8. The first-order valence-corrected chi connectivity index (χ1v) is 22.1. The van der Waals surface area contributed by atoms with E-state index in [0.717, 1.165) is 25.7 Å². The van der Waals surface area contributed by atoms with Crippen LogP contribution >= 0.6 is 0 Å². The summed E-state index contributed by atoms with van der Waals surface area (Å²) in [5, 5.41) is 31.8. The molecule has 17 heteroatoms. The first-order chi connectivity index (χ1) is 28.6. The number of carbonyl (C=O) groups is 6. The Morgan fingerprint density at radius 1 is 0.441 bits per heavy atom. The van der Waals surface area contributed by atoms with Gasteiger partial charge in [0, 0.05) is 32.5 Å². The van der Waals surface area contributed by atoms with E-state index in [2.05, 4.69) is 33.5 Å². The van der Waals surface area contributed by atoms with Gasteiger partial charge < -0.3 is 55.7 Å². The van der Waals surface area contributed by atoms with Crippen molar-refractivity contribution < 1.29 is 57.9 Å². The molecule has 0 aliphatic heterocycles. The summed E-state index contributed by atoms with van der Waals surface area (Å²) in [6.45, 7) is 4.21. The number of nitrogens with one attached hydrogen (secondary N) is 5. The van der Waals surface area contributed by atoms with E-state index in [1.165, 1.54) is 70.6 Å². The lowest BCUT2D eigenvalue weighted by Gasteiger charge is -2.14. The lowest BCUT2D eigenvalue weighted by Crippen LogP contribution is -2.41. The Morgan fingerprint density at radius 3 is 1.36 bits per heavy atom. The molecule has 4 amide bonds. The number of carbonyl (C=O) groups excluding carboxylic acids is 4. The molecule has 0 rings (SSSR count). The summed E-state index contributed by atoms with van der Waals surface area (Å²) in [7, 11) is 1.60. The molecule has 59 heavy (non-hydrogen) atoms. The van der Waals surface area contributed by atoms with Crippen molar-refractivity contribution in [3.63, 3.8) is 0 Å². The highest BCUT2D eigenvalue weighted by Crippen LogP contribution is 2.14. The van der Waals surface area contributed by atoms with Crippen molar-refractivity contribution in [1.82, 2.24) is 26.6 Å². The van der Waals surface area contributed by atoms with E-state index in [9.17, 15) is 33.9 Å². The zero-order valence-electron chi connectivity index (χ0n) is 36.3. The predicted molar refractivity (Wildman–Crippen MR) is 225 cm³/mol. The molecule has 0 heterocycles. The van der Waals surface area contributed by atoms with Crippen LogP contribution in [-0.4, -0.2) is 137 Å². The quantitative estimate of drug-likeness (QED) is 0.0432. The molecule has 0 aliphatic rings. The van der Waals surface area contributed by atoms with Gasteiger partial charge in [0.1, 0.15) is 25.3 Å². The SMILES string of the molecule is CCCCCCCCCCCCCCCCCC(=O)NC(CCC(=O)NCCOCCOCC(=O)NCCOCCOCC(=O)NCCCC[C@H](NC)C(=O)O)C(=O)O. The van der Waals surface area contributed by atoms with Gasteiger partial charge in [-0.1, -0.05) is 96.8 Å². The maximum Gasteiger partial charge on any atom is 0.326 e. The smallest absolute Gasteiger partial charge is 0.326 e. The summed E-state index contributed by atoms with van der Waals surface area (Å²) in [6.07, 6.45) is 20.5. The van der Waals surface area contributed by atoms with Gasteiger partial charge in [0.05, 0.1) is 39.6 Å². The maximum atomic E-state index is 12.3. The zero-order valence-corrected chi connectivity index (χ0v) is 36.3. The van der Waals surface area contributed by atoms with Crippen LogP contribution in [0.2, 0.25) is 0 Å². The lowest BCUT2D eigenvalue weighted by atomic mass is 10.0. The fourth-order valence-corrected chi connectivity index (χ4v) is 6.03. The molecule has 0 bridgehead atoms. The molecule has 1 unspecified atom stereocenters. The fraction of sp³-hybridized carbons (Fsp3) is 0.857. The first-order valence-electron chi connectivity index (χ1n) is 22.1. The minimum Gasteiger partial charge on any atom is -0.480 e. The fourth-order valence-electron chi connectivity index (χ4n) is 6.03. The average Bonchev–Trinajstić information content (AvgIpc) is 3.20. The molecule has 0 saturated heterocycles. The number of likely N-dealkylation sites (N-methyl/N-ethyl adjacent to an activating group) is 1. The Bertz CT molecular complexity index is 1100.